The molecule has 0 unspecified atom stereocenters. The van der Waals surface area contributed by atoms with E-state index in [2.05, 4.69) is 20.4 Å². The van der Waals surface area contributed by atoms with Gasteiger partial charge in [-0.05, 0) is 12.1 Å². The van der Waals surface area contributed by atoms with Gasteiger partial charge in [0.05, 0.1) is 7.11 Å². The fourth-order valence-corrected chi connectivity index (χ4v) is 0.623. The molecule has 0 bridgehead atoms. The van der Waals surface area contributed by atoms with Crippen molar-refractivity contribution in [1.82, 2.24) is 10.2 Å². The second-order valence-corrected chi connectivity index (χ2v) is 1.94. The number of anilines is 1. The quantitative estimate of drug-likeness (QED) is 0.442. The van der Waals surface area contributed by atoms with Gasteiger partial charge in [-0.25, -0.2) is 10.6 Å². The van der Waals surface area contributed by atoms with Crippen molar-refractivity contribution in [2.45, 2.75) is 0 Å². The van der Waals surface area contributed by atoms with Crippen LogP contribution in [0.15, 0.2) is 12.1 Å². The van der Waals surface area contributed by atoms with Crippen LogP contribution in [0.3, 0.4) is 0 Å². The normalized spacial score (nSPS) is 7.86. The first-order chi connectivity index (χ1) is 5.77. The Balaban J connectivity index is 0. The number of methoxy groups -OCH3 is 1. The predicted octanol–water partition coefficient (Wildman–Crippen LogP) is 0.392. The molecule has 0 aromatic carbocycles. The predicted molar refractivity (Wildman–Crippen MR) is 55.7 cm³/mol. The van der Waals surface area contributed by atoms with E-state index >= 15 is 0 Å². The lowest BCUT2D eigenvalue weighted by Gasteiger charge is -1.98. The number of carbonyl (C=O) groups is 1. The summed E-state index contributed by atoms with van der Waals surface area (Å²) in [4.78, 5) is 10.8. The van der Waals surface area contributed by atoms with Crippen molar-refractivity contribution in [1.29, 1.82) is 0 Å². The number of hydrogen-bond acceptors (Lipinski definition) is 6. The first-order valence-electron chi connectivity index (χ1n) is 3.16. The van der Waals surface area contributed by atoms with Gasteiger partial charge in [-0.2, -0.15) is 0 Å². The molecule has 0 aliphatic carbocycles. The van der Waals surface area contributed by atoms with Crippen LogP contribution in [-0.2, 0) is 4.74 Å². The second-order valence-electron chi connectivity index (χ2n) is 1.94. The molecule has 0 radical (unpaired) electrons. The second kappa shape index (κ2) is 7.31. The minimum absolute atomic E-state index is 0. The SMILES string of the molecule is COC(=O)c1ccc(NN)nn1.Cl.Cl. The molecule has 14 heavy (non-hydrogen) atoms. The lowest BCUT2D eigenvalue weighted by Crippen LogP contribution is -2.11. The van der Waals surface area contributed by atoms with Gasteiger partial charge in [-0.1, -0.05) is 0 Å². The van der Waals surface area contributed by atoms with Gasteiger partial charge in [0, 0.05) is 0 Å². The van der Waals surface area contributed by atoms with Gasteiger partial charge in [0.1, 0.15) is 0 Å². The number of halogens is 2. The van der Waals surface area contributed by atoms with Gasteiger partial charge in [-0.3, -0.25) is 0 Å². The Morgan fingerprint density at radius 2 is 2.07 bits per heavy atom. The van der Waals surface area contributed by atoms with E-state index in [4.69, 9.17) is 5.84 Å². The number of nitrogen functional groups attached to an aromatic ring is 1. The molecule has 1 heterocycles. The van der Waals surface area contributed by atoms with Crippen LogP contribution in [0.5, 0.6) is 0 Å². The maximum Gasteiger partial charge on any atom is 0.358 e. The van der Waals surface area contributed by atoms with Gasteiger partial charge in [0.2, 0.25) is 0 Å². The van der Waals surface area contributed by atoms with Gasteiger partial charge >= 0.3 is 5.97 Å². The molecule has 0 saturated carbocycles. The Kier molecular flexibility index (Phi) is 8.02. The van der Waals surface area contributed by atoms with E-state index in [0.29, 0.717) is 5.82 Å². The zero-order chi connectivity index (χ0) is 8.97. The van der Waals surface area contributed by atoms with Crippen molar-refractivity contribution >= 4 is 36.6 Å². The molecule has 1 rings (SSSR count). The number of hydrazine groups is 1. The van der Waals surface area contributed by atoms with Gasteiger partial charge < -0.3 is 10.2 Å². The zero-order valence-electron chi connectivity index (χ0n) is 7.26. The average molecular weight is 241 g/mol. The van der Waals surface area contributed by atoms with Crippen LogP contribution in [0.2, 0.25) is 0 Å². The third-order valence-electron chi connectivity index (χ3n) is 1.21. The maximum absolute atomic E-state index is 10.8. The van der Waals surface area contributed by atoms with Crippen molar-refractivity contribution < 1.29 is 9.53 Å². The summed E-state index contributed by atoms with van der Waals surface area (Å²) >= 11 is 0. The Bertz CT molecular complexity index is 280. The molecule has 80 valence electrons. The Morgan fingerprint density at radius 3 is 2.43 bits per heavy atom. The fraction of sp³-hybridized carbons (Fsp3) is 0.167. The van der Waals surface area contributed by atoms with E-state index in [1.807, 2.05) is 0 Å². The summed E-state index contributed by atoms with van der Waals surface area (Å²) in [6.07, 6.45) is 0. The summed E-state index contributed by atoms with van der Waals surface area (Å²) in [5.41, 5.74) is 2.43. The van der Waals surface area contributed by atoms with Gasteiger partial charge in [0.25, 0.3) is 0 Å². The lowest BCUT2D eigenvalue weighted by molar-refractivity contribution is 0.0593. The molecule has 1 aromatic rings. The Hall–Kier alpha value is -1.11. The average Bonchev–Trinajstić information content (AvgIpc) is 2.17. The molecule has 1 aromatic heterocycles. The summed E-state index contributed by atoms with van der Waals surface area (Å²) in [5.74, 6) is 4.91. The highest BCUT2D eigenvalue weighted by atomic mass is 35.5. The number of esters is 1. The summed E-state index contributed by atoms with van der Waals surface area (Å²) in [5, 5.41) is 7.13. The topological polar surface area (TPSA) is 90.1 Å². The van der Waals surface area contributed by atoms with E-state index in [0.717, 1.165) is 0 Å². The van der Waals surface area contributed by atoms with Crippen molar-refractivity contribution in [3.05, 3.63) is 17.8 Å². The number of nitrogens with one attached hydrogen (secondary N) is 1. The van der Waals surface area contributed by atoms with E-state index in [1.165, 1.54) is 19.2 Å². The molecule has 0 amide bonds. The third-order valence-corrected chi connectivity index (χ3v) is 1.21. The Labute approximate surface area is 93.0 Å². The smallest absolute Gasteiger partial charge is 0.358 e. The van der Waals surface area contributed by atoms with Crippen LogP contribution in [0, 0.1) is 0 Å². The number of ether oxygens (including phenoxy) is 1. The highest BCUT2D eigenvalue weighted by Crippen LogP contribution is 2.00. The van der Waals surface area contributed by atoms with Crippen LogP contribution in [0.25, 0.3) is 0 Å². The summed E-state index contributed by atoms with van der Waals surface area (Å²) in [6, 6.07) is 2.99. The number of rotatable bonds is 2. The first kappa shape index (κ1) is 15.4. The van der Waals surface area contributed by atoms with E-state index in [1.54, 1.807) is 0 Å². The number of aromatic nitrogens is 2. The van der Waals surface area contributed by atoms with Gasteiger partial charge in [0.15, 0.2) is 11.5 Å². The fourth-order valence-electron chi connectivity index (χ4n) is 0.623. The molecule has 6 nitrogen and oxygen atoms in total. The summed E-state index contributed by atoms with van der Waals surface area (Å²) in [6.45, 7) is 0. The molecular weight excluding hydrogens is 231 g/mol. The third kappa shape index (κ3) is 3.73. The van der Waals surface area contributed by atoms with Crippen LogP contribution in [0.1, 0.15) is 10.5 Å². The molecular formula is C6H10Cl2N4O2. The standard InChI is InChI=1S/C6H8N4O2.2ClH/c1-12-6(11)4-2-3-5(8-7)10-9-4;;/h2-3H,7H2,1H3,(H,8,10);2*1H. The van der Waals surface area contributed by atoms with Crippen molar-refractivity contribution in [2.75, 3.05) is 12.5 Å². The van der Waals surface area contributed by atoms with Crippen LogP contribution >= 0.6 is 24.8 Å². The summed E-state index contributed by atoms with van der Waals surface area (Å²) in [7, 11) is 1.28. The van der Waals surface area contributed by atoms with Gasteiger partial charge in [-0.15, -0.1) is 35.0 Å². The Morgan fingerprint density at radius 1 is 1.43 bits per heavy atom. The van der Waals surface area contributed by atoms with Crippen LogP contribution in [0.4, 0.5) is 5.82 Å². The molecule has 8 heteroatoms. The highest BCUT2D eigenvalue weighted by molar-refractivity contribution is 5.87. The molecule has 0 atom stereocenters. The number of nitrogens with two attached hydrogens (primary N) is 1. The maximum atomic E-state index is 10.8. The molecule has 0 aliphatic heterocycles. The first-order valence-corrected chi connectivity index (χ1v) is 3.16. The van der Waals surface area contributed by atoms with Crippen molar-refractivity contribution in [3.8, 4) is 0 Å². The van der Waals surface area contributed by atoms with Crippen molar-refractivity contribution in [3.63, 3.8) is 0 Å². The minimum Gasteiger partial charge on any atom is -0.464 e. The van der Waals surface area contributed by atoms with Crippen LogP contribution in [-0.4, -0.2) is 23.3 Å². The largest absolute Gasteiger partial charge is 0.464 e. The molecule has 3 N–H and O–H groups in total. The zero-order valence-corrected chi connectivity index (χ0v) is 8.89. The number of nitrogens with zero attached hydrogens (tertiary/aromatic N) is 2. The lowest BCUT2D eigenvalue weighted by atomic mass is 10.4. The summed E-state index contributed by atoms with van der Waals surface area (Å²) < 4.78 is 4.42. The number of hydrogen-bond donors (Lipinski definition) is 2. The van der Waals surface area contributed by atoms with E-state index in [9.17, 15) is 4.79 Å². The van der Waals surface area contributed by atoms with Crippen molar-refractivity contribution in [2.24, 2.45) is 5.84 Å². The van der Waals surface area contributed by atoms with E-state index < -0.39 is 5.97 Å². The minimum atomic E-state index is -0.522. The number of carbonyl (C=O) groups excluding carboxylic acids is 1. The van der Waals surface area contributed by atoms with E-state index in [-0.39, 0.29) is 30.5 Å². The molecule has 0 aliphatic rings. The highest BCUT2D eigenvalue weighted by Gasteiger charge is 2.06. The van der Waals surface area contributed by atoms with Crippen LogP contribution < -0.4 is 11.3 Å². The molecule has 0 spiro atoms. The monoisotopic (exact) mass is 240 g/mol. The molecule has 0 saturated heterocycles. The molecule has 0 fully saturated rings.